The third-order valence-corrected chi connectivity index (χ3v) is 10.5. The molecule has 2 aromatic carbocycles. The topological polar surface area (TPSA) is 263 Å². The molecule has 2 amide bonds. The van der Waals surface area contributed by atoms with E-state index < -0.39 is 11.7 Å². The SMILES string of the molecule is C#CCCCCCc1cn(C(=O)OC(C)(C)C)c(N)n1.CC(C)(C)c1ccc(C(=O)NCCN=[N+]=[N-])cc1.CC(C)(C)c1ccc(C(=O)NCCn2cc(CCCCCc3cnc(N)[nH]3)nn2)cc1.Cl. The number of nitrogens with zero attached hydrogens (tertiary/aromatic N) is 9. The summed E-state index contributed by atoms with van der Waals surface area (Å²) in [5.74, 6) is 3.03. The van der Waals surface area contributed by atoms with Crippen LogP contribution in [0, 0.1) is 12.3 Å². The molecule has 0 bridgehead atoms. The van der Waals surface area contributed by atoms with Crippen LogP contribution in [0.5, 0.6) is 0 Å². The van der Waals surface area contributed by atoms with Crippen molar-refractivity contribution >= 4 is 42.2 Å². The predicted molar refractivity (Wildman–Crippen MR) is 280 cm³/mol. The second-order valence-corrected chi connectivity index (χ2v) is 19.7. The molecule has 19 heteroatoms. The number of amides is 2. The van der Waals surface area contributed by atoms with E-state index in [1.165, 1.54) is 15.7 Å². The number of aromatic nitrogens is 7. The second kappa shape index (κ2) is 29.3. The number of benzene rings is 2. The number of H-pyrrole nitrogens is 1. The lowest BCUT2D eigenvalue weighted by atomic mass is 9.86. The highest BCUT2D eigenvalue weighted by Crippen LogP contribution is 2.23. The van der Waals surface area contributed by atoms with Gasteiger partial charge in [-0.25, -0.2) is 19.3 Å². The lowest BCUT2D eigenvalue weighted by molar-refractivity contribution is 0.0540. The van der Waals surface area contributed by atoms with Crippen LogP contribution in [0.4, 0.5) is 16.7 Å². The van der Waals surface area contributed by atoms with Crippen LogP contribution in [0.3, 0.4) is 0 Å². The van der Waals surface area contributed by atoms with Crippen LogP contribution in [-0.4, -0.2) is 77.7 Å². The summed E-state index contributed by atoms with van der Waals surface area (Å²) in [6.07, 6.45) is 19.8. The average Bonchev–Trinajstić information content (AvgIpc) is 4.03. The molecule has 0 radical (unpaired) electrons. The Morgan fingerprint density at radius 1 is 0.786 bits per heavy atom. The Kier molecular flexibility index (Phi) is 24.8. The van der Waals surface area contributed by atoms with Crippen molar-refractivity contribution in [3.05, 3.63) is 117 Å². The molecule has 5 aromatic rings. The summed E-state index contributed by atoms with van der Waals surface area (Å²) in [6, 6.07) is 15.3. The van der Waals surface area contributed by atoms with Crippen LogP contribution < -0.4 is 22.1 Å². The van der Waals surface area contributed by atoms with E-state index in [-0.39, 0.29) is 47.5 Å². The first-order valence-electron chi connectivity index (χ1n) is 23.6. The first kappa shape index (κ1) is 59.3. The summed E-state index contributed by atoms with van der Waals surface area (Å²) in [4.78, 5) is 49.8. The molecule has 0 unspecified atom stereocenters. The molecule has 18 nitrogen and oxygen atoms in total. The number of nitrogens with two attached hydrogens (primary N) is 2. The summed E-state index contributed by atoms with van der Waals surface area (Å²) in [5, 5.41) is 17.4. The van der Waals surface area contributed by atoms with Gasteiger partial charge in [-0.2, -0.15) is 0 Å². The van der Waals surface area contributed by atoms with Crippen molar-refractivity contribution in [1.82, 2.24) is 45.1 Å². The molecule has 0 fully saturated rings. The molecule has 70 heavy (non-hydrogen) atoms. The number of nitrogen functional groups attached to an aromatic ring is 2. The number of carbonyl (C=O) groups is 3. The quantitative estimate of drug-likeness (QED) is 0.0172. The van der Waals surface area contributed by atoms with E-state index in [2.05, 4.69) is 93.4 Å². The second-order valence-electron chi connectivity index (χ2n) is 19.7. The third-order valence-electron chi connectivity index (χ3n) is 10.5. The number of nitrogens with one attached hydrogen (secondary N) is 3. The Morgan fingerprint density at radius 3 is 1.84 bits per heavy atom. The monoisotopic (exact) mass is 983 g/mol. The molecule has 0 aliphatic rings. The van der Waals surface area contributed by atoms with Crippen LogP contribution in [0.2, 0.25) is 0 Å². The smallest absolute Gasteiger partial charge is 0.421 e. The highest BCUT2D eigenvalue weighted by molar-refractivity contribution is 5.94. The molecule has 5 rings (SSSR count). The number of aromatic amines is 1. The molecule has 7 N–H and O–H groups in total. The van der Waals surface area contributed by atoms with Crippen molar-refractivity contribution in [3.8, 4) is 12.3 Å². The molecule has 0 spiro atoms. The van der Waals surface area contributed by atoms with E-state index in [4.69, 9.17) is 28.2 Å². The molecular weight excluding hydrogens is 908 g/mol. The van der Waals surface area contributed by atoms with Gasteiger partial charge < -0.3 is 31.8 Å². The Balaban J connectivity index is 0.000000377. The fourth-order valence-corrected chi connectivity index (χ4v) is 6.59. The molecule has 0 saturated heterocycles. The van der Waals surface area contributed by atoms with Crippen LogP contribution in [-0.2, 0) is 41.4 Å². The maximum atomic E-state index is 12.3. The van der Waals surface area contributed by atoms with Crippen molar-refractivity contribution in [2.45, 2.75) is 149 Å². The number of rotatable bonds is 19. The number of azide groups is 1. The number of terminal acetylenes is 1. The van der Waals surface area contributed by atoms with Gasteiger partial charge in [0, 0.05) is 60.2 Å². The van der Waals surface area contributed by atoms with Gasteiger partial charge in [-0.3, -0.25) is 14.3 Å². The highest BCUT2D eigenvalue weighted by atomic mass is 35.5. The van der Waals surface area contributed by atoms with E-state index >= 15 is 0 Å². The number of hydrogen-bond donors (Lipinski definition) is 5. The Labute approximate surface area is 420 Å². The molecule has 0 saturated carbocycles. The predicted octanol–water partition coefficient (Wildman–Crippen LogP) is 9.70. The zero-order valence-electron chi connectivity index (χ0n) is 42.5. The van der Waals surface area contributed by atoms with Gasteiger partial charge in [-0.1, -0.05) is 89.0 Å². The maximum absolute atomic E-state index is 12.3. The zero-order valence-corrected chi connectivity index (χ0v) is 43.4. The van der Waals surface area contributed by atoms with E-state index in [9.17, 15) is 14.4 Å². The summed E-state index contributed by atoms with van der Waals surface area (Å²) in [7, 11) is 0. The lowest BCUT2D eigenvalue weighted by Gasteiger charge is -2.19. The summed E-state index contributed by atoms with van der Waals surface area (Å²) >= 11 is 0. The minimum Gasteiger partial charge on any atom is -0.443 e. The largest absolute Gasteiger partial charge is 0.443 e. The number of anilines is 2. The Bertz CT molecular complexity index is 2440. The number of imidazole rings is 2. The van der Waals surface area contributed by atoms with E-state index in [0.717, 1.165) is 81.3 Å². The van der Waals surface area contributed by atoms with E-state index in [1.807, 2.05) is 75.5 Å². The minimum atomic E-state index is -0.552. The molecule has 3 aromatic heterocycles. The van der Waals surface area contributed by atoms with Crippen LogP contribution in [0.15, 0.2) is 72.2 Å². The number of hydrogen-bond acceptors (Lipinski definition) is 11. The maximum Gasteiger partial charge on any atom is 0.421 e. The van der Waals surface area contributed by atoms with Crippen LogP contribution in [0.1, 0.15) is 156 Å². The molecule has 3 heterocycles. The van der Waals surface area contributed by atoms with Crippen molar-refractivity contribution in [2.75, 3.05) is 31.1 Å². The lowest BCUT2D eigenvalue weighted by Crippen LogP contribution is -2.27. The van der Waals surface area contributed by atoms with Crippen molar-refractivity contribution in [1.29, 1.82) is 0 Å². The van der Waals surface area contributed by atoms with E-state index in [1.54, 1.807) is 17.1 Å². The number of unbranched alkanes of at least 4 members (excludes halogenated alkanes) is 5. The average molecular weight is 984 g/mol. The Morgan fingerprint density at radius 2 is 1.33 bits per heavy atom. The number of ether oxygens (including phenoxy) is 1. The summed E-state index contributed by atoms with van der Waals surface area (Å²) in [5.41, 5.74) is 25.6. The number of halogens is 1. The standard InChI is InChI=1S/C23H33N7O.C15H23N3O2.C13H18N4O.ClH/c1-23(2,3)18-11-9-17(10-12-18)21(31)25-13-14-30-16-20(28-29-30)8-6-4-5-7-19-15-26-22(24)27-19;1-5-6-7-8-9-10-12-11-18(13(16)17-12)14(19)20-15(2,3)4;1-13(2,3)11-6-4-10(5-7-11)12(18)15-8-9-16-17-14;/h9-12,15-16H,4-8,13-14H2,1-3H3,(H,25,31)(H3,24,26,27);1,11H,6-10H2,2-4H3,(H2,16,17);4-7H,8-9H2,1-3H3,(H,15,18);1H. The molecule has 380 valence electrons. The van der Waals surface area contributed by atoms with Gasteiger partial charge in [0.25, 0.3) is 11.8 Å². The number of aryl methyl sites for hydroxylation is 3. The minimum absolute atomic E-state index is 0. The van der Waals surface area contributed by atoms with Crippen LogP contribution >= 0.6 is 12.4 Å². The van der Waals surface area contributed by atoms with Gasteiger partial charge in [0.15, 0.2) is 5.95 Å². The number of carbonyl (C=O) groups excluding carboxylic acids is 3. The van der Waals surface area contributed by atoms with Crippen LogP contribution in [0.25, 0.3) is 10.4 Å². The van der Waals surface area contributed by atoms with Gasteiger partial charge in [0.05, 0.1) is 24.1 Å². The third kappa shape index (κ3) is 22.5. The van der Waals surface area contributed by atoms with E-state index in [0.29, 0.717) is 36.7 Å². The highest BCUT2D eigenvalue weighted by Gasteiger charge is 2.21. The molecule has 0 atom stereocenters. The fourth-order valence-electron chi connectivity index (χ4n) is 6.59. The zero-order chi connectivity index (χ0) is 51.0. The van der Waals surface area contributed by atoms with Gasteiger partial charge in [0.1, 0.15) is 5.60 Å². The fraction of sp³-hybridized carbons (Fsp3) is 0.510. The van der Waals surface area contributed by atoms with Crippen molar-refractivity contribution in [2.24, 2.45) is 5.11 Å². The van der Waals surface area contributed by atoms with Gasteiger partial charge in [-0.05, 0) is 117 Å². The first-order chi connectivity index (χ1) is 32.6. The molecule has 0 aliphatic carbocycles. The normalized spacial score (nSPS) is 11.0. The van der Waals surface area contributed by atoms with Crippen molar-refractivity contribution in [3.63, 3.8) is 0 Å². The molecular formula is C51H75ClN14O4. The van der Waals surface area contributed by atoms with Gasteiger partial charge >= 0.3 is 6.09 Å². The van der Waals surface area contributed by atoms with Gasteiger partial charge in [-0.15, -0.1) is 29.8 Å². The Hall–Kier alpha value is -6.83. The summed E-state index contributed by atoms with van der Waals surface area (Å²) < 4.78 is 8.29. The van der Waals surface area contributed by atoms with Crippen molar-refractivity contribution < 1.29 is 19.1 Å². The molecule has 0 aliphatic heterocycles. The summed E-state index contributed by atoms with van der Waals surface area (Å²) in [6.45, 7) is 20.0. The first-order valence-corrected chi connectivity index (χ1v) is 23.6. The van der Waals surface area contributed by atoms with Gasteiger partial charge in [0.2, 0.25) is 5.95 Å².